The van der Waals surface area contributed by atoms with Crippen molar-refractivity contribution in [3.63, 3.8) is 0 Å². The summed E-state index contributed by atoms with van der Waals surface area (Å²) in [6.07, 6.45) is 0.863. The lowest BCUT2D eigenvalue weighted by Gasteiger charge is -2.33. The Bertz CT molecular complexity index is 1150. The van der Waals surface area contributed by atoms with E-state index in [0.29, 0.717) is 10.4 Å². The standard InChI is InChI=1S/C24H31F2N3O4S/c1-16-7-9-18(10-8-16)14-28(17(2)23(31)27-24(3,4)5)22(30)15-29(34(6,32)33)19-11-12-20(25)21(26)13-19/h7-13,17H,14-15H2,1-6H3,(H,27,31)/t17-/m0/s1. The van der Waals surface area contributed by atoms with Gasteiger partial charge in [0.2, 0.25) is 21.8 Å². The van der Waals surface area contributed by atoms with Gasteiger partial charge in [-0.2, -0.15) is 0 Å². The maximum Gasteiger partial charge on any atom is 0.244 e. The van der Waals surface area contributed by atoms with E-state index in [1.165, 1.54) is 4.90 Å². The summed E-state index contributed by atoms with van der Waals surface area (Å²) < 4.78 is 52.7. The van der Waals surface area contributed by atoms with Crippen LogP contribution in [0.25, 0.3) is 0 Å². The largest absolute Gasteiger partial charge is 0.350 e. The fraction of sp³-hybridized carbons (Fsp3) is 0.417. The smallest absolute Gasteiger partial charge is 0.244 e. The monoisotopic (exact) mass is 495 g/mol. The van der Waals surface area contributed by atoms with Crippen LogP contribution >= 0.6 is 0 Å². The second-order valence-corrected chi connectivity index (χ2v) is 11.2. The number of rotatable bonds is 8. The minimum absolute atomic E-state index is 0.0488. The molecule has 1 N–H and O–H groups in total. The van der Waals surface area contributed by atoms with Gasteiger partial charge in [-0.3, -0.25) is 13.9 Å². The average Bonchev–Trinajstić information content (AvgIpc) is 2.71. The Morgan fingerprint density at radius 3 is 2.12 bits per heavy atom. The average molecular weight is 496 g/mol. The molecule has 0 aromatic heterocycles. The van der Waals surface area contributed by atoms with Gasteiger partial charge in [-0.25, -0.2) is 17.2 Å². The normalized spacial score (nSPS) is 12.7. The lowest BCUT2D eigenvalue weighted by Crippen LogP contribution is -2.54. The number of hydrogen-bond acceptors (Lipinski definition) is 4. The van der Waals surface area contributed by atoms with Crippen molar-refractivity contribution in [2.45, 2.75) is 52.7 Å². The van der Waals surface area contributed by atoms with Crippen LogP contribution in [0.2, 0.25) is 0 Å². The van der Waals surface area contributed by atoms with Gasteiger partial charge in [0, 0.05) is 18.2 Å². The molecule has 2 rings (SSSR count). The quantitative estimate of drug-likeness (QED) is 0.608. The molecule has 0 aliphatic carbocycles. The zero-order chi connectivity index (χ0) is 25.8. The highest BCUT2D eigenvalue weighted by Crippen LogP contribution is 2.22. The number of anilines is 1. The van der Waals surface area contributed by atoms with Crippen LogP contribution in [0.5, 0.6) is 0 Å². The van der Waals surface area contributed by atoms with E-state index in [0.717, 1.165) is 29.5 Å². The van der Waals surface area contributed by atoms with Crippen LogP contribution in [-0.2, 0) is 26.2 Å². The number of halogens is 2. The Hall–Kier alpha value is -3.01. The van der Waals surface area contributed by atoms with Crippen molar-refractivity contribution in [1.29, 1.82) is 0 Å². The number of nitrogens with zero attached hydrogens (tertiary/aromatic N) is 2. The topological polar surface area (TPSA) is 86.8 Å². The van der Waals surface area contributed by atoms with Gasteiger partial charge < -0.3 is 10.2 Å². The van der Waals surface area contributed by atoms with Gasteiger partial charge in [0.05, 0.1) is 11.9 Å². The van der Waals surface area contributed by atoms with Crippen molar-refractivity contribution >= 4 is 27.5 Å². The molecule has 2 amide bonds. The third-order valence-corrected chi connectivity index (χ3v) is 6.15. The number of amides is 2. The second-order valence-electron chi connectivity index (χ2n) is 9.29. The number of carbonyl (C=O) groups is 2. The van der Waals surface area contributed by atoms with Crippen LogP contribution in [-0.4, -0.2) is 49.5 Å². The molecule has 0 aliphatic heterocycles. The molecule has 2 aromatic carbocycles. The van der Waals surface area contributed by atoms with E-state index in [1.807, 2.05) is 31.2 Å². The molecule has 10 heteroatoms. The maximum absolute atomic E-state index is 13.8. The summed E-state index contributed by atoms with van der Waals surface area (Å²) in [5.41, 5.74) is 1.01. The second kappa shape index (κ2) is 10.5. The molecule has 1 atom stereocenters. The van der Waals surface area contributed by atoms with Crippen molar-refractivity contribution in [3.8, 4) is 0 Å². The fourth-order valence-corrected chi connectivity index (χ4v) is 4.04. The number of aryl methyl sites for hydroxylation is 1. The van der Waals surface area contributed by atoms with E-state index in [4.69, 9.17) is 0 Å². The summed E-state index contributed by atoms with van der Waals surface area (Å²) in [7, 11) is -4.03. The lowest BCUT2D eigenvalue weighted by atomic mass is 10.1. The van der Waals surface area contributed by atoms with E-state index in [-0.39, 0.29) is 12.2 Å². The van der Waals surface area contributed by atoms with Crippen molar-refractivity contribution in [2.24, 2.45) is 0 Å². The van der Waals surface area contributed by atoms with Gasteiger partial charge in [0.25, 0.3) is 0 Å². The molecule has 0 saturated carbocycles. The van der Waals surface area contributed by atoms with E-state index >= 15 is 0 Å². The maximum atomic E-state index is 13.8. The van der Waals surface area contributed by atoms with Crippen LogP contribution in [0.4, 0.5) is 14.5 Å². The molecule has 0 heterocycles. The van der Waals surface area contributed by atoms with Gasteiger partial charge in [-0.1, -0.05) is 29.8 Å². The third kappa shape index (κ3) is 7.51. The molecule has 0 bridgehead atoms. The summed E-state index contributed by atoms with van der Waals surface area (Å²) in [5.74, 6) is -3.47. The number of hydrogen-bond donors (Lipinski definition) is 1. The molecular formula is C24H31F2N3O4S. The Kier molecular flexibility index (Phi) is 8.41. The first-order valence-corrected chi connectivity index (χ1v) is 12.5. The first-order chi connectivity index (χ1) is 15.6. The van der Waals surface area contributed by atoms with Crippen molar-refractivity contribution in [2.75, 3.05) is 17.1 Å². The molecular weight excluding hydrogens is 464 g/mol. The molecule has 0 saturated heterocycles. The van der Waals surface area contributed by atoms with Gasteiger partial charge in [0.15, 0.2) is 11.6 Å². The molecule has 0 aliphatic rings. The van der Waals surface area contributed by atoms with Gasteiger partial charge in [-0.15, -0.1) is 0 Å². The summed E-state index contributed by atoms with van der Waals surface area (Å²) in [6.45, 7) is 8.23. The summed E-state index contributed by atoms with van der Waals surface area (Å²) in [6, 6.07) is 9.00. The highest BCUT2D eigenvalue weighted by atomic mass is 32.2. The Morgan fingerprint density at radius 2 is 1.62 bits per heavy atom. The molecule has 0 radical (unpaired) electrons. The van der Waals surface area contributed by atoms with Crippen molar-refractivity contribution in [1.82, 2.24) is 10.2 Å². The molecule has 0 spiro atoms. The molecule has 34 heavy (non-hydrogen) atoms. The van der Waals surface area contributed by atoms with E-state index in [1.54, 1.807) is 27.7 Å². The van der Waals surface area contributed by atoms with Crippen molar-refractivity contribution in [3.05, 3.63) is 65.2 Å². The highest BCUT2D eigenvalue weighted by Gasteiger charge is 2.31. The van der Waals surface area contributed by atoms with Gasteiger partial charge in [-0.05, 0) is 52.3 Å². The van der Waals surface area contributed by atoms with Crippen molar-refractivity contribution < 1.29 is 26.8 Å². The summed E-state index contributed by atoms with van der Waals surface area (Å²) in [4.78, 5) is 27.5. The minimum atomic E-state index is -4.03. The Morgan fingerprint density at radius 1 is 1.03 bits per heavy atom. The van der Waals surface area contributed by atoms with Gasteiger partial charge in [0.1, 0.15) is 12.6 Å². The molecule has 186 valence electrons. The summed E-state index contributed by atoms with van der Waals surface area (Å²) in [5, 5.41) is 2.82. The Labute approximate surface area is 199 Å². The highest BCUT2D eigenvalue weighted by molar-refractivity contribution is 7.92. The van der Waals surface area contributed by atoms with Crippen LogP contribution in [0, 0.1) is 18.6 Å². The number of nitrogens with one attached hydrogen (secondary N) is 1. The third-order valence-electron chi connectivity index (χ3n) is 5.01. The van der Waals surface area contributed by atoms with Crippen LogP contribution in [0.3, 0.4) is 0 Å². The predicted molar refractivity (Wildman–Crippen MR) is 128 cm³/mol. The lowest BCUT2D eigenvalue weighted by molar-refractivity contribution is -0.140. The van der Waals surface area contributed by atoms with Gasteiger partial charge >= 0.3 is 0 Å². The van der Waals surface area contributed by atoms with E-state index in [2.05, 4.69) is 5.32 Å². The molecule has 0 fully saturated rings. The molecule has 0 unspecified atom stereocenters. The first kappa shape index (κ1) is 27.2. The minimum Gasteiger partial charge on any atom is -0.350 e. The SMILES string of the molecule is Cc1ccc(CN(C(=O)CN(c2ccc(F)c(F)c2)S(C)(=O)=O)[C@@H](C)C(=O)NC(C)(C)C)cc1. The van der Waals surface area contributed by atoms with Crippen LogP contribution in [0.1, 0.15) is 38.8 Å². The van der Waals surface area contributed by atoms with Crippen LogP contribution < -0.4 is 9.62 Å². The first-order valence-electron chi connectivity index (χ1n) is 10.7. The Balaban J connectivity index is 2.41. The fourth-order valence-electron chi connectivity index (χ4n) is 3.20. The summed E-state index contributed by atoms with van der Waals surface area (Å²) >= 11 is 0. The number of sulfonamides is 1. The van der Waals surface area contributed by atoms with Crippen LogP contribution in [0.15, 0.2) is 42.5 Å². The zero-order valence-corrected chi connectivity index (χ0v) is 21.0. The molecule has 2 aromatic rings. The van der Waals surface area contributed by atoms with E-state index < -0.39 is 51.6 Å². The van der Waals surface area contributed by atoms with E-state index in [9.17, 15) is 26.8 Å². The molecule has 7 nitrogen and oxygen atoms in total. The number of benzene rings is 2. The number of carbonyl (C=O) groups excluding carboxylic acids is 2. The zero-order valence-electron chi connectivity index (χ0n) is 20.2. The predicted octanol–water partition coefficient (Wildman–Crippen LogP) is 3.37.